The standard InChI is InChI=1S/C10H17NO3S2/c1-4-8(2)11(3)16(13,14)10-5-9(6-12)7-15-10/h5,7-8,12H,4,6H2,1-3H3. The highest BCUT2D eigenvalue weighted by atomic mass is 32.2. The lowest BCUT2D eigenvalue weighted by molar-refractivity contribution is 0.282. The average molecular weight is 263 g/mol. The predicted octanol–water partition coefficient (Wildman–Crippen LogP) is 1.66. The molecule has 1 N–H and O–H groups in total. The van der Waals surface area contributed by atoms with Crippen LogP contribution in [0.3, 0.4) is 0 Å². The third-order valence-corrected chi connectivity index (χ3v) is 6.09. The number of thiophene rings is 1. The van der Waals surface area contributed by atoms with E-state index in [0.29, 0.717) is 9.77 Å². The molecular formula is C10H17NO3S2. The Morgan fingerprint density at radius 1 is 1.56 bits per heavy atom. The first-order chi connectivity index (χ1) is 7.43. The first kappa shape index (κ1) is 13.6. The van der Waals surface area contributed by atoms with E-state index < -0.39 is 10.0 Å². The van der Waals surface area contributed by atoms with Crippen molar-refractivity contribution < 1.29 is 13.5 Å². The van der Waals surface area contributed by atoms with Crippen molar-refractivity contribution in [2.45, 2.75) is 37.1 Å². The molecule has 0 saturated carbocycles. The van der Waals surface area contributed by atoms with Crippen molar-refractivity contribution in [3.63, 3.8) is 0 Å². The minimum atomic E-state index is -3.40. The number of hydrogen-bond acceptors (Lipinski definition) is 4. The summed E-state index contributed by atoms with van der Waals surface area (Å²) in [5, 5.41) is 10.6. The highest BCUT2D eigenvalue weighted by Gasteiger charge is 2.25. The van der Waals surface area contributed by atoms with Crippen LogP contribution in [0.1, 0.15) is 25.8 Å². The van der Waals surface area contributed by atoms with Gasteiger partial charge in [-0.1, -0.05) is 6.92 Å². The Morgan fingerprint density at radius 2 is 2.19 bits per heavy atom. The molecule has 1 rings (SSSR count). The summed E-state index contributed by atoms with van der Waals surface area (Å²) in [4.78, 5) is 0. The molecule has 0 aliphatic carbocycles. The zero-order chi connectivity index (χ0) is 12.3. The maximum Gasteiger partial charge on any atom is 0.252 e. The number of hydrogen-bond donors (Lipinski definition) is 1. The van der Waals surface area contributed by atoms with Gasteiger partial charge in [0.05, 0.1) is 6.61 Å². The summed E-state index contributed by atoms with van der Waals surface area (Å²) in [6.07, 6.45) is 0.772. The summed E-state index contributed by atoms with van der Waals surface area (Å²) >= 11 is 1.15. The summed E-state index contributed by atoms with van der Waals surface area (Å²) in [6.45, 7) is 3.70. The molecule has 0 bridgehead atoms. The molecule has 1 heterocycles. The average Bonchev–Trinajstić information content (AvgIpc) is 2.75. The molecule has 6 heteroatoms. The number of sulfonamides is 1. The van der Waals surface area contributed by atoms with Crippen molar-refractivity contribution in [3.8, 4) is 0 Å². The fourth-order valence-corrected chi connectivity index (χ4v) is 4.03. The van der Waals surface area contributed by atoms with E-state index in [-0.39, 0.29) is 12.6 Å². The van der Waals surface area contributed by atoms with Gasteiger partial charge in [-0.05, 0) is 30.4 Å². The SMILES string of the molecule is CCC(C)N(C)S(=O)(=O)c1cc(CO)cs1. The summed E-state index contributed by atoms with van der Waals surface area (Å²) in [5.74, 6) is 0. The van der Waals surface area contributed by atoms with Gasteiger partial charge in [0, 0.05) is 13.1 Å². The minimum absolute atomic E-state index is 0.0234. The van der Waals surface area contributed by atoms with Gasteiger partial charge in [0.2, 0.25) is 0 Å². The molecule has 0 aromatic carbocycles. The summed E-state index contributed by atoms with van der Waals surface area (Å²) < 4.78 is 25.9. The zero-order valence-corrected chi connectivity index (χ0v) is 11.3. The van der Waals surface area contributed by atoms with Gasteiger partial charge in [0.1, 0.15) is 4.21 Å². The minimum Gasteiger partial charge on any atom is -0.392 e. The number of nitrogens with zero attached hydrogens (tertiary/aromatic N) is 1. The van der Waals surface area contributed by atoms with E-state index in [1.807, 2.05) is 13.8 Å². The van der Waals surface area contributed by atoms with Gasteiger partial charge in [0.15, 0.2) is 0 Å². The first-order valence-electron chi connectivity index (χ1n) is 5.09. The Kier molecular flexibility index (Phi) is 4.49. The second-order valence-electron chi connectivity index (χ2n) is 3.71. The highest BCUT2D eigenvalue weighted by Crippen LogP contribution is 2.24. The molecule has 16 heavy (non-hydrogen) atoms. The van der Waals surface area contributed by atoms with E-state index in [1.165, 1.54) is 10.4 Å². The van der Waals surface area contributed by atoms with Crippen LogP contribution in [-0.4, -0.2) is 30.9 Å². The smallest absolute Gasteiger partial charge is 0.252 e. The van der Waals surface area contributed by atoms with Crippen molar-refractivity contribution >= 4 is 21.4 Å². The Labute approximate surface area is 101 Å². The Balaban J connectivity index is 3.01. The molecule has 1 unspecified atom stereocenters. The molecule has 0 aliphatic heterocycles. The lowest BCUT2D eigenvalue weighted by Crippen LogP contribution is -2.34. The second kappa shape index (κ2) is 5.27. The highest BCUT2D eigenvalue weighted by molar-refractivity contribution is 7.91. The van der Waals surface area contributed by atoms with Crippen LogP contribution < -0.4 is 0 Å². The number of aliphatic hydroxyl groups excluding tert-OH is 1. The van der Waals surface area contributed by atoms with Gasteiger partial charge < -0.3 is 5.11 Å². The monoisotopic (exact) mass is 263 g/mol. The second-order valence-corrected chi connectivity index (χ2v) is 6.85. The van der Waals surface area contributed by atoms with Gasteiger partial charge in [-0.3, -0.25) is 0 Å². The van der Waals surface area contributed by atoms with Crippen molar-refractivity contribution in [3.05, 3.63) is 17.0 Å². The molecule has 1 aromatic rings. The predicted molar refractivity (Wildman–Crippen MR) is 64.9 cm³/mol. The van der Waals surface area contributed by atoms with Crippen molar-refractivity contribution in [2.75, 3.05) is 7.05 Å². The third kappa shape index (κ3) is 2.63. The molecule has 0 radical (unpaired) electrons. The summed E-state index contributed by atoms with van der Waals surface area (Å²) in [6, 6.07) is 1.50. The van der Waals surface area contributed by atoms with Gasteiger partial charge in [0.25, 0.3) is 10.0 Å². The largest absolute Gasteiger partial charge is 0.392 e. The fourth-order valence-electron chi connectivity index (χ4n) is 1.21. The molecule has 92 valence electrons. The lowest BCUT2D eigenvalue weighted by Gasteiger charge is -2.22. The van der Waals surface area contributed by atoms with Gasteiger partial charge in [-0.2, -0.15) is 4.31 Å². The van der Waals surface area contributed by atoms with Crippen LogP contribution in [0.15, 0.2) is 15.7 Å². The molecule has 0 amide bonds. The van der Waals surface area contributed by atoms with E-state index in [0.717, 1.165) is 17.8 Å². The third-order valence-electron chi connectivity index (χ3n) is 2.66. The Bertz CT molecular complexity index is 439. The van der Waals surface area contributed by atoms with Crippen LogP contribution in [-0.2, 0) is 16.6 Å². The number of aliphatic hydroxyl groups is 1. The van der Waals surface area contributed by atoms with Crippen LogP contribution in [0.2, 0.25) is 0 Å². The molecule has 4 nitrogen and oxygen atoms in total. The summed E-state index contributed by atoms with van der Waals surface area (Å²) in [7, 11) is -1.81. The lowest BCUT2D eigenvalue weighted by atomic mass is 10.3. The van der Waals surface area contributed by atoms with E-state index in [1.54, 1.807) is 12.4 Å². The fraction of sp³-hybridized carbons (Fsp3) is 0.600. The topological polar surface area (TPSA) is 57.6 Å². The van der Waals surface area contributed by atoms with Crippen molar-refractivity contribution in [1.29, 1.82) is 0 Å². The summed E-state index contributed by atoms with van der Waals surface area (Å²) in [5.41, 5.74) is 0.640. The Morgan fingerprint density at radius 3 is 2.62 bits per heavy atom. The van der Waals surface area contributed by atoms with Crippen LogP contribution >= 0.6 is 11.3 Å². The van der Waals surface area contributed by atoms with E-state index >= 15 is 0 Å². The zero-order valence-electron chi connectivity index (χ0n) is 9.67. The Hall–Kier alpha value is -0.430. The van der Waals surface area contributed by atoms with Crippen LogP contribution in [0.4, 0.5) is 0 Å². The van der Waals surface area contributed by atoms with Crippen LogP contribution in [0, 0.1) is 0 Å². The molecule has 0 fully saturated rings. The molecular weight excluding hydrogens is 246 g/mol. The van der Waals surface area contributed by atoms with Crippen molar-refractivity contribution in [2.24, 2.45) is 0 Å². The van der Waals surface area contributed by atoms with Crippen LogP contribution in [0.25, 0.3) is 0 Å². The molecule has 1 aromatic heterocycles. The quantitative estimate of drug-likeness (QED) is 0.879. The van der Waals surface area contributed by atoms with E-state index in [2.05, 4.69) is 0 Å². The maximum absolute atomic E-state index is 12.1. The molecule has 1 atom stereocenters. The molecule has 0 aliphatic rings. The van der Waals surface area contributed by atoms with Crippen molar-refractivity contribution in [1.82, 2.24) is 4.31 Å². The van der Waals surface area contributed by atoms with Crippen LogP contribution in [0.5, 0.6) is 0 Å². The van der Waals surface area contributed by atoms with Gasteiger partial charge in [-0.15, -0.1) is 11.3 Å². The van der Waals surface area contributed by atoms with Gasteiger partial charge in [-0.25, -0.2) is 8.42 Å². The number of rotatable bonds is 5. The van der Waals surface area contributed by atoms with Gasteiger partial charge >= 0.3 is 0 Å². The molecule has 0 saturated heterocycles. The normalized spacial score (nSPS) is 14.3. The maximum atomic E-state index is 12.1. The van der Waals surface area contributed by atoms with E-state index in [9.17, 15) is 8.42 Å². The van der Waals surface area contributed by atoms with E-state index in [4.69, 9.17) is 5.11 Å². The first-order valence-corrected chi connectivity index (χ1v) is 7.41. The molecule has 0 spiro atoms.